The largest absolute Gasteiger partial charge is 0.337 e. The highest BCUT2D eigenvalue weighted by molar-refractivity contribution is 7.92. The number of rotatable bonds is 4. The average molecular weight is 307 g/mol. The molecule has 0 unspecified atom stereocenters. The molecule has 1 saturated heterocycles. The fourth-order valence-corrected chi connectivity index (χ4v) is 4.87. The fourth-order valence-electron chi connectivity index (χ4n) is 1.84. The highest BCUT2D eigenvalue weighted by Crippen LogP contribution is 2.24. The van der Waals surface area contributed by atoms with E-state index in [1.165, 1.54) is 6.20 Å². The Balaban J connectivity index is 2.17. The van der Waals surface area contributed by atoms with Gasteiger partial charge in [0.2, 0.25) is 0 Å². The lowest BCUT2D eigenvalue weighted by Gasteiger charge is -2.36. The van der Waals surface area contributed by atoms with Gasteiger partial charge in [0.15, 0.2) is 14.9 Å². The van der Waals surface area contributed by atoms with Gasteiger partial charge in [0, 0.05) is 32.1 Å². The standard InChI is InChI=1S/C10H17N3O4S2/c1-4-18(14,15)9-5-13(6-9)19(16,17)10-7-12(3)8(2)11-10/h7,9H,4-6H2,1-3H3. The second-order valence-corrected chi connectivity index (χ2v) is 9.09. The van der Waals surface area contributed by atoms with Crippen molar-refractivity contribution in [1.82, 2.24) is 13.9 Å². The molecule has 0 aromatic carbocycles. The zero-order valence-corrected chi connectivity index (χ0v) is 12.7. The van der Waals surface area contributed by atoms with Crippen LogP contribution in [0.3, 0.4) is 0 Å². The van der Waals surface area contributed by atoms with Crippen LogP contribution in [0.5, 0.6) is 0 Å². The molecule has 2 rings (SSSR count). The topological polar surface area (TPSA) is 89.3 Å². The van der Waals surface area contributed by atoms with Crippen molar-refractivity contribution in [3.05, 3.63) is 12.0 Å². The van der Waals surface area contributed by atoms with Gasteiger partial charge >= 0.3 is 0 Å². The molecule has 0 amide bonds. The van der Waals surface area contributed by atoms with Gasteiger partial charge in [-0.05, 0) is 6.92 Å². The molecule has 1 aromatic heterocycles. The molecule has 0 radical (unpaired) electrons. The van der Waals surface area contributed by atoms with Gasteiger partial charge in [-0.15, -0.1) is 0 Å². The van der Waals surface area contributed by atoms with E-state index in [0.717, 1.165) is 4.31 Å². The van der Waals surface area contributed by atoms with Gasteiger partial charge in [-0.3, -0.25) is 0 Å². The molecule has 0 bridgehead atoms. The second-order valence-electron chi connectivity index (χ2n) is 4.63. The Hall–Kier alpha value is -0.930. The Morgan fingerprint density at radius 2 is 1.89 bits per heavy atom. The van der Waals surface area contributed by atoms with E-state index >= 15 is 0 Å². The van der Waals surface area contributed by atoms with E-state index < -0.39 is 25.1 Å². The first-order valence-electron chi connectivity index (χ1n) is 5.90. The monoisotopic (exact) mass is 307 g/mol. The molecule has 0 saturated carbocycles. The first-order chi connectivity index (χ1) is 8.68. The van der Waals surface area contributed by atoms with Crippen LogP contribution in [-0.4, -0.2) is 54.8 Å². The summed E-state index contributed by atoms with van der Waals surface area (Å²) in [6, 6.07) is 0. The molecule has 2 heterocycles. The number of hydrogen-bond donors (Lipinski definition) is 0. The van der Waals surface area contributed by atoms with E-state index in [1.54, 1.807) is 25.5 Å². The minimum absolute atomic E-state index is 0.0220. The van der Waals surface area contributed by atoms with Crippen molar-refractivity contribution < 1.29 is 16.8 Å². The molecule has 1 aliphatic rings. The zero-order chi connectivity index (χ0) is 14.4. The van der Waals surface area contributed by atoms with Crippen molar-refractivity contribution in [2.45, 2.75) is 24.1 Å². The maximum Gasteiger partial charge on any atom is 0.262 e. The van der Waals surface area contributed by atoms with E-state index in [2.05, 4.69) is 4.98 Å². The van der Waals surface area contributed by atoms with Crippen LogP contribution >= 0.6 is 0 Å². The van der Waals surface area contributed by atoms with Gasteiger partial charge < -0.3 is 4.57 Å². The lowest BCUT2D eigenvalue weighted by molar-refractivity contribution is 0.309. The average Bonchev–Trinajstić information content (AvgIpc) is 2.57. The van der Waals surface area contributed by atoms with Crippen molar-refractivity contribution in [2.24, 2.45) is 7.05 Å². The lowest BCUT2D eigenvalue weighted by Crippen LogP contribution is -2.57. The quantitative estimate of drug-likeness (QED) is 0.750. The molecular formula is C10H17N3O4S2. The van der Waals surface area contributed by atoms with Crippen molar-refractivity contribution in [3.8, 4) is 0 Å². The van der Waals surface area contributed by atoms with E-state index in [-0.39, 0.29) is 23.9 Å². The van der Waals surface area contributed by atoms with Crippen LogP contribution in [-0.2, 0) is 26.9 Å². The van der Waals surface area contributed by atoms with E-state index in [4.69, 9.17) is 0 Å². The smallest absolute Gasteiger partial charge is 0.262 e. The van der Waals surface area contributed by atoms with Gasteiger partial charge in [0.1, 0.15) is 5.82 Å². The Kier molecular flexibility index (Phi) is 3.48. The minimum Gasteiger partial charge on any atom is -0.337 e. The molecule has 19 heavy (non-hydrogen) atoms. The first kappa shape index (κ1) is 14.5. The van der Waals surface area contributed by atoms with E-state index in [1.807, 2.05) is 0 Å². The summed E-state index contributed by atoms with van der Waals surface area (Å²) in [4.78, 5) is 3.98. The Bertz CT molecular complexity index is 665. The molecule has 0 atom stereocenters. The van der Waals surface area contributed by atoms with E-state index in [0.29, 0.717) is 5.82 Å². The number of aryl methyl sites for hydroxylation is 2. The van der Waals surface area contributed by atoms with E-state index in [9.17, 15) is 16.8 Å². The minimum atomic E-state index is -3.67. The summed E-state index contributed by atoms with van der Waals surface area (Å²) in [6.45, 7) is 3.32. The van der Waals surface area contributed by atoms with Gasteiger partial charge in [-0.25, -0.2) is 21.8 Å². The van der Waals surface area contributed by atoms with Crippen LogP contribution in [0.15, 0.2) is 11.2 Å². The maximum absolute atomic E-state index is 12.2. The number of sulfone groups is 1. The molecule has 108 valence electrons. The Morgan fingerprint density at radius 1 is 1.32 bits per heavy atom. The normalized spacial score (nSPS) is 18.5. The SMILES string of the molecule is CCS(=O)(=O)C1CN(S(=O)(=O)c2cn(C)c(C)n2)C1. The Labute approximate surface area is 113 Å². The van der Waals surface area contributed by atoms with Gasteiger partial charge in [-0.2, -0.15) is 4.31 Å². The van der Waals surface area contributed by atoms with Crippen molar-refractivity contribution >= 4 is 19.9 Å². The number of imidazole rings is 1. The van der Waals surface area contributed by atoms with Gasteiger partial charge in [0.25, 0.3) is 10.0 Å². The molecule has 0 aliphatic carbocycles. The molecule has 1 aliphatic heterocycles. The van der Waals surface area contributed by atoms with Crippen molar-refractivity contribution in [1.29, 1.82) is 0 Å². The molecule has 7 nitrogen and oxygen atoms in total. The molecule has 1 fully saturated rings. The summed E-state index contributed by atoms with van der Waals surface area (Å²) in [5, 5.41) is -0.614. The zero-order valence-electron chi connectivity index (χ0n) is 11.1. The Morgan fingerprint density at radius 3 is 2.32 bits per heavy atom. The van der Waals surface area contributed by atoms with Crippen LogP contribution in [0.4, 0.5) is 0 Å². The summed E-state index contributed by atoms with van der Waals surface area (Å²) in [6.07, 6.45) is 1.44. The third-order valence-electron chi connectivity index (χ3n) is 3.42. The maximum atomic E-state index is 12.2. The summed E-state index contributed by atoms with van der Waals surface area (Å²) in [5.41, 5.74) is 0. The summed E-state index contributed by atoms with van der Waals surface area (Å²) >= 11 is 0. The number of hydrogen-bond acceptors (Lipinski definition) is 5. The lowest BCUT2D eigenvalue weighted by atomic mass is 10.3. The third-order valence-corrected chi connectivity index (χ3v) is 7.24. The molecule has 1 aromatic rings. The molecule has 0 N–H and O–H groups in total. The summed E-state index contributed by atoms with van der Waals surface area (Å²) < 4.78 is 50.4. The summed E-state index contributed by atoms with van der Waals surface area (Å²) in [5.74, 6) is 0.630. The van der Waals surface area contributed by atoms with Crippen LogP contribution in [0, 0.1) is 6.92 Å². The highest BCUT2D eigenvalue weighted by atomic mass is 32.2. The van der Waals surface area contributed by atoms with Crippen LogP contribution in [0.2, 0.25) is 0 Å². The third kappa shape index (κ3) is 2.41. The van der Waals surface area contributed by atoms with Crippen LogP contribution < -0.4 is 0 Å². The van der Waals surface area contributed by atoms with Crippen molar-refractivity contribution in [2.75, 3.05) is 18.8 Å². The molecule has 0 spiro atoms. The summed E-state index contributed by atoms with van der Waals surface area (Å²) in [7, 11) is -5.13. The van der Waals surface area contributed by atoms with Crippen LogP contribution in [0.1, 0.15) is 12.7 Å². The first-order valence-corrected chi connectivity index (χ1v) is 9.05. The molecule has 9 heteroatoms. The van der Waals surface area contributed by atoms with Gasteiger partial charge in [0.05, 0.1) is 5.25 Å². The predicted octanol–water partition coefficient (Wildman–Crippen LogP) is -0.464. The number of aromatic nitrogens is 2. The second kappa shape index (κ2) is 4.57. The van der Waals surface area contributed by atoms with Crippen LogP contribution in [0.25, 0.3) is 0 Å². The van der Waals surface area contributed by atoms with Gasteiger partial charge in [-0.1, -0.05) is 6.92 Å². The fraction of sp³-hybridized carbons (Fsp3) is 0.700. The number of sulfonamides is 1. The predicted molar refractivity (Wildman–Crippen MR) is 70.0 cm³/mol. The van der Waals surface area contributed by atoms with Crippen molar-refractivity contribution in [3.63, 3.8) is 0 Å². The molecular weight excluding hydrogens is 290 g/mol. The highest BCUT2D eigenvalue weighted by Gasteiger charge is 2.43. The number of nitrogens with zero attached hydrogens (tertiary/aromatic N) is 3.